The van der Waals surface area contributed by atoms with Crippen molar-refractivity contribution in [2.75, 3.05) is 12.9 Å². The maximum Gasteiger partial charge on any atom is 0.313 e. The topological polar surface area (TPSA) is 63.7 Å². The molecule has 0 unspecified atom stereocenters. The molecule has 0 amide bonds. The molecule has 1 aromatic rings. The SMILES string of the molecule is CCOC(=O)[C@]1(CC)C[C@@H]2CC[C@H]1N2Cc1ccc(S(C)(=O)=O)cc1. The summed E-state index contributed by atoms with van der Waals surface area (Å²) in [4.78, 5) is 15.4. The molecule has 138 valence electrons. The van der Waals surface area contributed by atoms with Crippen LogP contribution in [0, 0.1) is 5.41 Å². The van der Waals surface area contributed by atoms with Gasteiger partial charge in [-0.1, -0.05) is 19.1 Å². The monoisotopic (exact) mass is 365 g/mol. The van der Waals surface area contributed by atoms with Crippen LogP contribution in [0.25, 0.3) is 0 Å². The second-order valence-electron chi connectivity index (χ2n) is 7.27. The summed E-state index contributed by atoms with van der Waals surface area (Å²) in [7, 11) is -3.17. The minimum atomic E-state index is -3.17. The van der Waals surface area contributed by atoms with E-state index >= 15 is 0 Å². The van der Waals surface area contributed by atoms with Crippen molar-refractivity contribution < 1.29 is 17.9 Å². The van der Waals surface area contributed by atoms with Crippen molar-refractivity contribution >= 4 is 15.8 Å². The van der Waals surface area contributed by atoms with Crippen molar-refractivity contribution in [1.82, 2.24) is 4.90 Å². The van der Waals surface area contributed by atoms with Gasteiger partial charge < -0.3 is 4.74 Å². The molecule has 2 aliphatic rings. The Morgan fingerprint density at radius 2 is 1.92 bits per heavy atom. The van der Waals surface area contributed by atoms with E-state index in [-0.39, 0.29) is 17.4 Å². The Bertz CT molecular complexity index is 743. The van der Waals surface area contributed by atoms with Crippen LogP contribution < -0.4 is 0 Å². The lowest BCUT2D eigenvalue weighted by Crippen LogP contribution is -2.43. The summed E-state index contributed by atoms with van der Waals surface area (Å²) in [5.74, 6) is -0.0536. The first-order chi connectivity index (χ1) is 11.8. The van der Waals surface area contributed by atoms with Crippen LogP contribution >= 0.6 is 0 Å². The second-order valence-corrected chi connectivity index (χ2v) is 9.29. The fraction of sp³-hybridized carbons (Fsp3) is 0.632. The van der Waals surface area contributed by atoms with Crippen molar-refractivity contribution in [3.05, 3.63) is 29.8 Å². The zero-order chi connectivity index (χ0) is 18.2. The Morgan fingerprint density at radius 1 is 1.24 bits per heavy atom. The molecule has 5 nitrogen and oxygen atoms in total. The average Bonchev–Trinajstić information content (AvgIpc) is 3.10. The van der Waals surface area contributed by atoms with Gasteiger partial charge in [0.25, 0.3) is 0 Å². The molecule has 2 heterocycles. The molecule has 25 heavy (non-hydrogen) atoms. The molecule has 3 atom stereocenters. The van der Waals surface area contributed by atoms with E-state index in [1.165, 1.54) is 6.26 Å². The molecule has 2 saturated heterocycles. The van der Waals surface area contributed by atoms with Crippen LogP contribution in [0.5, 0.6) is 0 Å². The highest BCUT2D eigenvalue weighted by atomic mass is 32.2. The highest BCUT2D eigenvalue weighted by molar-refractivity contribution is 7.90. The fourth-order valence-corrected chi connectivity index (χ4v) is 5.25. The predicted molar refractivity (Wildman–Crippen MR) is 95.9 cm³/mol. The third kappa shape index (κ3) is 3.22. The number of carbonyl (C=O) groups is 1. The Kier molecular flexibility index (Phi) is 4.95. The first-order valence-electron chi connectivity index (χ1n) is 9.03. The van der Waals surface area contributed by atoms with Crippen LogP contribution in [0.1, 0.15) is 45.1 Å². The van der Waals surface area contributed by atoms with E-state index in [4.69, 9.17) is 4.74 Å². The van der Waals surface area contributed by atoms with Crippen molar-refractivity contribution in [2.24, 2.45) is 5.41 Å². The number of carbonyl (C=O) groups excluding carboxylic acids is 1. The maximum absolute atomic E-state index is 12.6. The molecule has 2 fully saturated rings. The van der Waals surface area contributed by atoms with Gasteiger partial charge in [0.1, 0.15) is 0 Å². The Hall–Kier alpha value is -1.40. The van der Waals surface area contributed by atoms with Crippen LogP contribution in [0.4, 0.5) is 0 Å². The molecule has 6 heteroatoms. The van der Waals surface area contributed by atoms with E-state index in [0.29, 0.717) is 17.5 Å². The minimum Gasteiger partial charge on any atom is -0.466 e. The normalized spacial score (nSPS) is 29.1. The number of ether oxygens (including phenoxy) is 1. The number of fused-ring (bicyclic) bond motifs is 2. The molecule has 0 N–H and O–H groups in total. The van der Waals surface area contributed by atoms with Crippen LogP contribution in [0.15, 0.2) is 29.2 Å². The largest absolute Gasteiger partial charge is 0.466 e. The van der Waals surface area contributed by atoms with Gasteiger partial charge in [-0.05, 0) is 50.3 Å². The average molecular weight is 365 g/mol. The van der Waals surface area contributed by atoms with Crippen molar-refractivity contribution in [1.29, 1.82) is 0 Å². The molecule has 0 aromatic heterocycles. The summed E-state index contributed by atoms with van der Waals surface area (Å²) in [6.07, 6.45) is 5.04. The van der Waals surface area contributed by atoms with E-state index in [2.05, 4.69) is 11.8 Å². The molecule has 0 spiro atoms. The van der Waals surface area contributed by atoms with Gasteiger partial charge in [0.05, 0.1) is 16.9 Å². The molecule has 1 aromatic carbocycles. The predicted octanol–water partition coefficient (Wildman–Crippen LogP) is 2.79. The highest BCUT2D eigenvalue weighted by Gasteiger charge is 2.59. The van der Waals surface area contributed by atoms with Crippen LogP contribution in [0.2, 0.25) is 0 Å². The van der Waals surface area contributed by atoms with E-state index in [1.54, 1.807) is 12.1 Å². The van der Waals surface area contributed by atoms with Gasteiger partial charge in [-0.15, -0.1) is 0 Å². The van der Waals surface area contributed by atoms with Crippen molar-refractivity contribution in [3.8, 4) is 0 Å². The number of nitrogens with zero attached hydrogens (tertiary/aromatic N) is 1. The minimum absolute atomic E-state index is 0.0536. The van der Waals surface area contributed by atoms with E-state index in [0.717, 1.165) is 37.8 Å². The molecule has 2 aliphatic heterocycles. The summed E-state index contributed by atoms with van der Waals surface area (Å²) < 4.78 is 28.6. The molecular formula is C19H27NO4S. The van der Waals surface area contributed by atoms with Gasteiger partial charge in [0, 0.05) is 24.9 Å². The van der Waals surface area contributed by atoms with E-state index in [9.17, 15) is 13.2 Å². The van der Waals surface area contributed by atoms with Gasteiger partial charge in [-0.25, -0.2) is 8.42 Å². The van der Waals surface area contributed by atoms with Gasteiger partial charge in [0.2, 0.25) is 0 Å². The third-order valence-electron chi connectivity index (χ3n) is 5.91. The highest BCUT2D eigenvalue weighted by Crippen LogP contribution is 2.52. The summed E-state index contributed by atoms with van der Waals surface area (Å²) in [6, 6.07) is 7.72. The van der Waals surface area contributed by atoms with Crippen LogP contribution in [-0.4, -0.2) is 44.2 Å². The zero-order valence-corrected chi connectivity index (χ0v) is 16.0. The van der Waals surface area contributed by atoms with E-state index in [1.807, 2.05) is 19.1 Å². The van der Waals surface area contributed by atoms with Crippen LogP contribution in [-0.2, 0) is 25.9 Å². The Morgan fingerprint density at radius 3 is 2.48 bits per heavy atom. The van der Waals surface area contributed by atoms with Crippen molar-refractivity contribution in [2.45, 2.75) is 63.1 Å². The lowest BCUT2D eigenvalue weighted by molar-refractivity contribution is -0.157. The molecule has 2 bridgehead atoms. The van der Waals surface area contributed by atoms with Crippen molar-refractivity contribution in [3.63, 3.8) is 0 Å². The number of hydrogen-bond donors (Lipinski definition) is 0. The first-order valence-corrected chi connectivity index (χ1v) is 10.9. The van der Waals surface area contributed by atoms with E-state index < -0.39 is 9.84 Å². The number of sulfone groups is 1. The molecule has 0 aliphatic carbocycles. The quantitative estimate of drug-likeness (QED) is 0.726. The first kappa shape index (κ1) is 18.4. The molecule has 0 radical (unpaired) electrons. The Balaban J connectivity index is 1.79. The maximum atomic E-state index is 12.6. The van der Waals surface area contributed by atoms with Gasteiger partial charge >= 0.3 is 5.97 Å². The lowest BCUT2D eigenvalue weighted by Gasteiger charge is -2.34. The smallest absolute Gasteiger partial charge is 0.313 e. The molecular weight excluding hydrogens is 338 g/mol. The number of rotatable bonds is 6. The summed E-state index contributed by atoms with van der Waals surface area (Å²) in [5.41, 5.74) is 0.700. The number of esters is 1. The summed E-state index contributed by atoms with van der Waals surface area (Å²) in [5, 5.41) is 0. The fourth-order valence-electron chi connectivity index (χ4n) is 4.62. The van der Waals surface area contributed by atoms with Gasteiger partial charge in [-0.2, -0.15) is 0 Å². The zero-order valence-electron chi connectivity index (χ0n) is 15.2. The molecule has 0 saturated carbocycles. The number of hydrogen-bond acceptors (Lipinski definition) is 5. The second kappa shape index (κ2) is 6.72. The number of benzene rings is 1. The standard InChI is InChI=1S/C19H27NO4S/c1-4-19(18(21)24-5-2)12-15-8-11-17(19)20(15)13-14-6-9-16(10-7-14)25(3,22)23/h6-7,9-10,15,17H,4-5,8,11-13H2,1-3H3/t15-,17+,19+/m0/s1. The van der Waals surface area contributed by atoms with Crippen LogP contribution in [0.3, 0.4) is 0 Å². The molecule has 3 rings (SSSR count). The Labute approximate surface area is 150 Å². The van der Waals surface area contributed by atoms with Gasteiger partial charge in [-0.3, -0.25) is 9.69 Å². The van der Waals surface area contributed by atoms with Gasteiger partial charge in [0.15, 0.2) is 9.84 Å². The lowest BCUT2D eigenvalue weighted by atomic mass is 9.72. The third-order valence-corrected chi connectivity index (χ3v) is 7.04. The summed E-state index contributed by atoms with van der Waals surface area (Å²) in [6.45, 7) is 5.11. The summed E-state index contributed by atoms with van der Waals surface area (Å²) >= 11 is 0.